The summed E-state index contributed by atoms with van der Waals surface area (Å²) in [5, 5.41) is 2.78. The first-order chi connectivity index (χ1) is 8.07. The fraction of sp³-hybridized carbons (Fsp3) is 0.917. The summed E-state index contributed by atoms with van der Waals surface area (Å²) in [5.41, 5.74) is 5.72. The predicted molar refractivity (Wildman–Crippen MR) is 69.9 cm³/mol. The Hall–Kier alpha value is -0.650. The largest absolute Gasteiger partial charge is 0.378 e. The van der Waals surface area contributed by atoms with E-state index in [1.807, 2.05) is 14.1 Å². The normalized spacial score (nSPS) is 12.8. The molecule has 0 aliphatic rings. The van der Waals surface area contributed by atoms with E-state index in [2.05, 4.69) is 17.1 Å². The molecule has 0 aromatic rings. The molecule has 0 bridgehead atoms. The molecule has 0 aromatic carbocycles. The number of nitrogens with zero attached hydrogens (tertiary/aromatic N) is 1. The van der Waals surface area contributed by atoms with Crippen molar-refractivity contribution < 1.29 is 9.53 Å². The molecule has 0 aromatic heterocycles. The third-order valence-corrected chi connectivity index (χ3v) is 2.43. The average molecular weight is 245 g/mol. The summed E-state index contributed by atoms with van der Waals surface area (Å²) in [6.07, 6.45) is 2.81. The van der Waals surface area contributed by atoms with Crippen molar-refractivity contribution in [3.63, 3.8) is 0 Å². The second-order valence-corrected chi connectivity index (χ2v) is 4.46. The second-order valence-electron chi connectivity index (χ2n) is 4.46. The molecule has 0 radical (unpaired) electrons. The van der Waals surface area contributed by atoms with Crippen LogP contribution in [0.1, 0.15) is 26.2 Å². The predicted octanol–water partition coefficient (Wildman–Crippen LogP) is 0.198. The Morgan fingerprint density at radius 2 is 2.12 bits per heavy atom. The lowest BCUT2D eigenvalue weighted by molar-refractivity contribution is -0.122. The van der Waals surface area contributed by atoms with Crippen molar-refractivity contribution in [3.05, 3.63) is 0 Å². The number of ether oxygens (including phenoxy) is 1. The first kappa shape index (κ1) is 16.4. The van der Waals surface area contributed by atoms with Gasteiger partial charge in [-0.2, -0.15) is 0 Å². The van der Waals surface area contributed by atoms with Gasteiger partial charge >= 0.3 is 0 Å². The van der Waals surface area contributed by atoms with Crippen LogP contribution in [0.4, 0.5) is 0 Å². The maximum Gasteiger partial charge on any atom is 0.236 e. The van der Waals surface area contributed by atoms with Gasteiger partial charge in [-0.1, -0.05) is 19.8 Å². The van der Waals surface area contributed by atoms with Crippen LogP contribution in [-0.4, -0.2) is 57.2 Å². The summed E-state index contributed by atoms with van der Waals surface area (Å²) in [6, 6.07) is -0.378. The summed E-state index contributed by atoms with van der Waals surface area (Å²) in [4.78, 5) is 13.5. The molecule has 0 heterocycles. The number of amides is 1. The minimum atomic E-state index is -0.378. The van der Waals surface area contributed by atoms with Crippen molar-refractivity contribution in [2.75, 3.05) is 40.4 Å². The molecule has 0 rings (SSSR count). The summed E-state index contributed by atoms with van der Waals surface area (Å²) in [7, 11) is 4.00. The van der Waals surface area contributed by atoms with E-state index in [0.717, 1.165) is 25.8 Å². The van der Waals surface area contributed by atoms with Crippen molar-refractivity contribution in [3.8, 4) is 0 Å². The maximum absolute atomic E-state index is 11.5. The Morgan fingerprint density at radius 3 is 2.71 bits per heavy atom. The summed E-state index contributed by atoms with van der Waals surface area (Å²) < 4.78 is 5.36. The highest BCUT2D eigenvalue weighted by Gasteiger charge is 2.11. The SMILES string of the molecule is CCCCC(N)C(=O)NCCOCCN(C)C. The molecule has 1 atom stereocenters. The lowest BCUT2D eigenvalue weighted by Gasteiger charge is -2.12. The standard InChI is InChI=1S/C12H27N3O2/c1-4-5-6-11(13)12(16)14-7-9-17-10-8-15(2)3/h11H,4-10,13H2,1-3H3,(H,14,16). The second kappa shape index (κ2) is 10.5. The quantitative estimate of drug-likeness (QED) is 0.540. The molecule has 1 unspecified atom stereocenters. The zero-order chi connectivity index (χ0) is 13.1. The molecule has 3 N–H and O–H groups in total. The number of carbonyl (C=O) groups is 1. The fourth-order valence-corrected chi connectivity index (χ4v) is 1.28. The molecule has 0 aliphatic carbocycles. The number of nitrogens with two attached hydrogens (primary N) is 1. The number of hydrogen-bond acceptors (Lipinski definition) is 4. The van der Waals surface area contributed by atoms with Gasteiger partial charge in [0.1, 0.15) is 0 Å². The van der Waals surface area contributed by atoms with E-state index in [1.165, 1.54) is 0 Å². The van der Waals surface area contributed by atoms with Crippen LogP contribution >= 0.6 is 0 Å². The number of nitrogens with one attached hydrogen (secondary N) is 1. The van der Waals surface area contributed by atoms with Gasteiger partial charge in [-0.05, 0) is 20.5 Å². The molecule has 0 spiro atoms. The maximum atomic E-state index is 11.5. The third-order valence-electron chi connectivity index (χ3n) is 2.43. The number of carbonyl (C=O) groups excluding carboxylic acids is 1. The molecule has 5 nitrogen and oxygen atoms in total. The smallest absolute Gasteiger partial charge is 0.236 e. The van der Waals surface area contributed by atoms with Crippen LogP contribution in [0.25, 0.3) is 0 Å². The van der Waals surface area contributed by atoms with E-state index in [1.54, 1.807) is 0 Å². The Labute approximate surface area is 105 Å². The van der Waals surface area contributed by atoms with E-state index in [4.69, 9.17) is 10.5 Å². The van der Waals surface area contributed by atoms with Gasteiger partial charge in [0.25, 0.3) is 0 Å². The average Bonchev–Trinajstić information content (AvgIpc) is 2.29. The molecule has 102 valence electrons. The van der Waals surface area contributed by atoms with Crippen molar-refractivity contribution in [1.82, 2.24) is 10.2 Å². The van der Waals surface area contributed by atoms with Crippen molar-refractivity contribution in [2.24, 2.45) is 5.73 Å². The van der Waals surface area contributed by atoms with Crippen molar-refractivity contribution in [1.29, 1.82) is 0 Å². The first-order valence-electron chi connectivity index (χ1n) is 6.33. The molecule has 0 saturated carbocycles. The highest BCUT2D eigenvalue weighted by Crippen LogP contribution is 1.97. The fourth-order valence-electron chi connectivity index (χ4n) is 1.28. The molecule has 0 aliphatic heterocycles. The first-order valence-corrected chi connectivity index (χ1v) is 6.33. The van der Waals surface area contributed by atoms with E-state index in [9.17, 15) is 4.79 Å². The summed E-state index contributed by atoms with van der Waals surface area (Å²) in [5.74, 6) is -0.0744. The molecule has 17 heavy (non-hydrogen) atoms. The zero-order valence-electron chi connectivity index (χ0n) is 11.4. The van der Waals surface area contributed by atoms with Gasteiger partial charge in [0, 0.05) is 13.1 Å². The van der Waals surface area contributed by atoms with Gasteiger partial charge < -0.3 is 20.7 Å². The minimum Gasteiger partial charge on any atom is -0.378 e. The number of rotatable bonds is 10. The van der Waals surface area contributed by atoms with E-state index >= 15 is 0 Å². The van der Waals surface area contributed by atoms with Gasteiger partial charge in [-0.3, -0.25) is 4.79 Å². The topological polar surface area (TPSA) is 67.6 Å². The van der Waals surface area contributed by atoms with Gasteiger partial charge in [-0.15, -0.1) is 0 Å². The molecular weight excluding hydrogens is 218 g/mol. The zero-order valence-corrected chi connectivity index (χ0v) is 11.4. The molecule has 1 amide bonds. The lowest BCUT2D eigenvalue weighted by Crippen LogP contribution is -2.41. The van der Waals surface area contributed by atoms with Gasteiger partial charge in [0.05, 0.1) is 19.3 Å². The monoisotopic (exact) mass is 245 g/mol. The van der Waals surface area contributed by atoms with Crippen LogP contribution in [-0.2, 0) is 9.53 Å². The lowest BCUT2D eigenvalue weighted by atomic mass is 10.1. The van der Waals surface area contributed by atoms with Gasteiger partial charge in [-0.25, -0.2) is 0 Å². The van der Waals surface area contributed by atoms with Crippen LogP contribution in [0.5, 0.6) is 0 Å². The Bertz CT molecular complexity index is 198. The molecule has 0 saturated heterocycles. The molecule has 0 fully saturated rings. The number of hydrogen-bond donors (Lipinski definition) is 2. The van der Waals surface area contributed by atoms with Crippen LogP contribution in [0.2, 0.25) is 0 Å². The number of likely N-dealkylation sites (N-methyl/N-ethyl adjacent to an activating group) is 1. The van der Waals surface area contributed by atoms with Crippen molar-refractivity contribution >= 4 is 5.91 Å². The van der Waals surface area contributed by atoms with E-state index < -0.39 is 0 Å². The Kier molecular flexibility index (Phi) is 10.1. The molecular formula is C12H27N3O2. The van der Waals surface area contributed by atoms with Crippen LogP contribution in [0.15, 0.2) is 0 Å². The van der Waals surface area contributed by atoms with E-state index in [0.29, 0.717) is 19.8 Å². The Balaban J connectivity index is 3.38. The van der Waals surface area contributed by atoms with E-state index in [-0.39, 0.29) is 11.9 Å². The summed E-state index contributed by atoms with van der Waals surface area (Å²) >= 11 is 0. The number of unbranched alkanes of at least 4 members (excludes halogenated alkanes) is 1. The minimum absolute atomic E-state index is 0.0744. The summed E-state index contributed by atoms with van der Waals surface area (Å²) in [6.45, 7) is 4.74. The van der Waals surface area contributed by atoms with Crippen LogP contribution < -0.4 is 11.1 Å². The van der Waals surface area contributed by atoms with Crippen LogP contribution in [0, 0.1) is 0 Å². The van der Waals surface area contributed by atoms with Crippen molar-refractivity contribution in [2.45, 2.75) is 32.2 Å². The van der Waals surface area contributed by atoms with Gasteiger partial charge in [0.2, 0.25) is 5.91 Å². The highest BCUT2D eigenvalue weighted by atomic mass is 16.5. The Morgan fingerprint density at radius 1 is 1.41 bits per heavy atom. The van der Waals surface area contributed by atoms with Gasteiger partial charge in [0.15, 0.2) is 0 Å². The highest BCUT2D eigenvalue weighted by molar-refractivity contribution is 5.81. The van der Waals surface area contributed by atoms with Crippen LogP contribution in [0.3, 0.4) is 0 Å². The molecule has 5 heteroatoms. The third kappa shape index (κ3) is 10.2.